The van der Waals surface area contributed by atoms with Crippen molar-refractivity contribution >= 4 is 44.7 Å². The molecular formula is C15H16ClN3O4S2. The van der Waals surface area contributed by atoms with Gasteiger partial charge in [-0.15, -0.1) is 11.3 Å². The molecule has 0 atom stereocenters. The molecule has 1 amide bonds. The van der Waals surface area contributed by atoms with Crippen LogP contribution in [-0.2, 0) is 14.8 Å². The van der Waals surface area contributed by atoms with Gasteiger partial charge in [-0.3, -0.25) is 4.79 Å². The Morgan fingerprint density at radius 2 is 2.08 bits per heavy atom. The van der Waals surface area contributed by atoms with Crippen molar-refractivity contribution in [3.05, 3.63) is 39.2 Å². The van der Waals surface area contributed by atoms with E-state index in [-0.39, 0.29) is 4.90 Å². The van der Waals surface area contributed by atoms with Crippen molar-refractivity contribution in [3.63, 3.8) is 0 Å². The van der Waals surface area contributed by atoms with E-state index in [9.17, 15) is 13.2 Å². The molecule has 1 aliphatic rings. The molecular weight excluding hydrogens is 386 g/mol. The van der Waals surface area contributed by atoms with Crippen LogP contribution in [-0.4, -0.2) is 49.9 Å². The number of pyridine rings is 1. The number of morpholine rings is 1. The van der Waals surface area contributed by atoms with E-state index in [0.717, 1.165) is 11.3 Å². The minimum atomic E-state index is -3.63. The van der Waals surface area contributed by atoms with E-state index in [2.05, 4.69) is 10.3 Å². The van der Waals surface area contributed by atoms with Gasteiger partial charge in [0.1, 0.15) is 5.82 Å². The predicted octanol–water partition coefficient (Wildman–Crippen LogP) is 2.38. The van der Waals surface area contributed by atoms with Gasteiger partial charge in [0.2, 0.25) is 10.0 Å². The number of sulfonamides is 1. The first-order valence-electron chi connectivity index (χ1n) is 7.49. The minimum absolute atomic E-state index is 0.161. The molecule has 1 aliphatic heterocycles. The zero-order valence-corrected chi connectivity index (χ0v) is 15.7. The molecule has 2 aromatic heterocycles. The molecule has 2 aromatic rings. The molecule has 25 heavy (non-hydrogen) atoms. The van der Waals surface area contributed by atoms with Crippen LogP contribution in [0.2, 0.25) is 5.02 Å². The van der Waals surface area contributed by atoms with Gasteiger partial charge in [-0.25, -0.2) is 13.4 Å². The average molecular weight is 402 g/mol. The monoisotopic (exact) mass is 401 g/mol. The van der Waals surface area contributed by atoms with Gasteiger partial charge in [0.25, 0.3) is 5.91 Å². The second-order valence-corrected chi connectivity index (χ2v) is 8.96. The third-order valence-electron chi connectivity index (χ3n) is 3.65. The maximum atomic E-state index is 12.8. The Kier molecular flexibility index (Phi) is 5.40. The molecule has 0 spiro atoms. The van der Waals surface area contributed by atoms with E-state index in [1.807, 2.05) is 0 Å². The van der Waals surface area contributed by atoms with Crippen molar-refractivity contribution in [1.29, 1.82) is 0 Å². The highest BCUT2D eigenvalue weighted by Crippen LogP contribution is 2.29. The Bertz CT molecular complexity index is 875. The lowest BCUT2D eigenvalue weighted by atomic mass is 10.4. The van der Waals surface area contributed by atoms with Gasteiger partial charge in [-0.2, -0.15) is 4.31 Å². The largest absolute Gasteiger partial charge is 0.379 e. The number of anilines is 1. The third-order valence-corrected chi connectivity index (χ3v) is 7.08. The van der Waals surface area contributed by atoms with E-state index in [0.29, 0.717) is 46.9 Å². The van der Waals surface area contributed by atoms with Crippen molar-refractivity contribution in [1.82, 2.24) is 9.29 Å². The van der Waals surface area contributed by atoms with Crippen molar-refractivity contribution < 1.29 is 17.9 Å². The second-order valence-electron chi connectivity index (χ2n) is 5.36. The first-order valence-corrected chi connectivity index (χ1v) is 10.1. The molecule has 0 saturated carbocycles. The number of hydrogen-bond acceptors (Lipinski definition) is 6. The first kappa shape index (κ1) is 18.3. The summed E-state index contributed by atoms with van der Waals surface area (Å²) in [6, 6.07) is 4.60. The van der Waals surface area contributed by atoms with E-state index in [1.54, 1.807) is 19.1 Å². The van der Waals surface area contributed by atoms with Gasteiger partial charge >= 0.3 is 0 Å². The maximum Gasteiger partial charge on any atom is 0.266 e. The fourth-order valence-electron chi connectivity index (χ4n) is 2.39. The van der Waals surface area contributed by atoms with Crippen LogP contribution in [0, 0.1) is 6.92 Å². The smallest absolute Gasteiger partial charge is 0.266 e. The van der Waals surface area contributed by atoms with Gasteiger partial charge in [-0.1, -0.05) is 11.6 Å². The molecule has 3 rings (SSSR count). The number of halogens is 1. The van der Waals surface area contributed by atoms with Gasteiger partial charge < -0.3 is 10.1 Å². The molecule has 0 unspecified atom stereocenters. The lowest BCUT2D eigenvalue weighted by molar-refractivity contribution is 0.0730. The molecule has 1 fully saturated rings. The first-order chi connectivity index (χ1) is 11.9. The summed E-state index contributed by atoms with van der Waals surface area (Å²) in [5.41, 5.74) is 0. The summed E-state index contributed by atoms with van der Waals surface area (Å²) in [7, 11) is -3.63. The molecule has 10 heteroatoms. The Morgan fingerprint density at radius 1 is 1.36 bits per heavy atom. The predicted molar refractivity (Wildman–Crippen MR) is 95.8 cm³/mol. The van der Waals surface area contributed by atoms with E-state index in [4.69, 9.17) is 16.3 Å². The number of carbonyl (C=O) groups is 1. The van der Waals surface area contributed by atoms with Gasteiger partial charge in [0.05, 0.1) is 28.0 Å². The second kappa shape index (κ2) is 7.38. The highest BCUT2D eigenvalue weighted by Gasteiger charge is 2.30. The minimum Gasteiger partial charge on any atom is -0.379 e. The SMILES string of the molecule is Cc1sc(C(=O)Nc2ccc(Cl)cn2)cc1S(=O)(=O)N1CCOCC1. The van der Waals surface area contributed by atoms with Crippen molar-refractivity contribution in [3.8, 4) is 0 Å². The summed E-state index contributed by atoms with van der Waals surface area (Å²) in [6.07, 6.45) is 1.42. The average Bonchev–Trinajstić information content (AvgIpc) is 3.00. The number of nitrogens with one attached hydrogen (secondary N) is 1. The molecule has 0 aliphatic carbocycles. The van der Waals surface area contributed by atoms with Gasteiger partial charge in [-0.05, 0) is 25.1 Å². The summed E-state index contributed by atoms with van der Waals surface area (Å²) in [5.74, 6) is -0.0654. The highest BCUT2D eigenvalue weighted by molar-refractivity contribution is 7.89. The number of ether oxygens (including phenoxy) is 1. The summed E-state index contributed by atoms with van der Waals surface area (Å²) in [5, 5.41) is 3.09. The maximum absolute atomic E-state index is 12.8. The standard InChI is InChI=1S/C15H16ClN3O4S2/c1-10-13(25(21,22)19-4-6-23-7-5-19)8-12(24-10)15(20)18-14-3-2-11(16)9-17-14/h2-3,8-9H,4-7H2,1H3,(H,17,18,20). The van der Waals surface area contributed by atoms with Crippen molar-refractivity contribution in [2.45, 2.75) is 11.8 Å². The Labute approximate surface area is 154 Å². The zero-order chi connectivity index (χ0) is 18.0. The number of aromatic nitrogens is 1. The summed E-state index contributed by atoms with van der Waals surface area (Å²) in [6.45, 7) is 3.06. The van der Waals surface area contributed by atoms with Crippen LogP contribution >= 0.6 is 22.9 Å². The molecule has 0 radical (unpaired) electrons. The van der Waals surface area contributed by atoms with Crippen molar-refractivity contribution in [2.24, 2.45) is 0 Å². The summed E-state index contributed by atoms with van der Waals surface area (Å²) < 4.78 is 32.1. The molecule has 3 heterocycles. The van der Waals surface area contributed by atoms with Crippen LogP contribution in [0.15, 0.2) is 29.3 Å². The van der Waals surface area contributed by atoms with E-state index >= 15 is 0 Å². The number of carbonyl (C=O) groups excluding carboxylic acids is 1. The highest BCUT2D eigenvalue weighted by atomic mass is 35.5. The Balaban J connectivity index is 1.81. The van der Waals surface area contributed by atoms with Crippen LogP contribution in [0.4, 0.5) is 5.82 Å². The summed E-state index contributed by atoms with van der Waals surface area (Å²) in [4.78, 5) is 17.4. The molecule has 0 bridgehead atoms. The van der Waals surface area contributed by atoms with Gasteiger partial charge in [0.15, 0.2) is 0 Å². The van der Waals surface area contributed by atoms with E-state index < -0.39 is 15.9 Å². The zero-order valence-electron chi connectivity index (χ0n) is 13.4. The number of amides is 1. The number of hydrogen-bond donors (Lipinski definition) is 1. The lowest BCUT2D eigenvalue weighted by Gasteiger charge is -2.25. The number of aryl methyl sites for hydroxylation is 1. The number of rotatable bonds is 4. The van der Waals surface area contributed by atoms with Crippen molar-refractivity contribution in [2.75, 3.05) is 31.6 Å². The third kappa shape index (κ3) is 4.01. The van der Waals surface area contributed by atoms with E-state index in [1.165, 1.54) is 16.6 Å². The lowest BCUT2D eigenvalue weighted by Crippen LogP contribution is -2.40. The number of nitrogens with zero attached hydrogens (tertiary/aromatic N) is 2. The number of thiophene rings is 1. The molecule has 7 nitrogen and oxygen atoms in total. The molecule has 1 saturated heterocycles. The Morgan fingerprint density at radius 3 is 2.72 bits per heavy atom. The van der Waals surface area contributed by atoms with Crippen LogP contribution < -0.4 is 5.32 Å². The fourth-order valence-corrected chi connectivity index (χ4v) is 5.36. The van der Waals surface area contributed by atoms with Gasteiger partial charge in [0, 0.05) is 24.2 Å². The molecule has 134 valence electrons. The topological polar surface area (TPSA) is 88.6 Å². The normalized spacial score (nSPS) is 15.9. The molecule has 0 aromatic carbocycles. The quantitative estimate of drug-likeness (QED) is 0.849. The van der Waals surface area contributed by atoms with Crippen LogP contribution in [0.25, 0.3) is 0 Å². The summed E-state index contributed by atoms with van der Waals surface area (Å²) >= 11 is 6.89. The van der Waals surface area contributed by atoms with Crippen LogP contribution in [0.1, 0.15) is 14.5 Å². The molecule has 1 N–H and O–H groups in total. The van der Waals surface area contributed by atoms with Crippen LogP contribution in [0.3, 0.4) is 0 Å². The fraction of sp³-hybridized carbons (Fsp3) is 0.333. The Hall–Kier alpha value is -1.52. The van der Waals surface area contributed by atoms with Crippen LogP contribution in [0.5, 0.6) is 0 Å².